The maximum absolute atomic E-state index is 12.1. The normalized spacial score (nSPS) is 10.7. The van der Waals surface area contributed by atoms with Gasteiger partial charge in [-0.2, -0.15) is 5.10 Å². The molecule has 0 spiro atoms. The molecule has 0 aliphatic rings. The third-order valence-corrected chi connectivity index (χ3v) is 2.98. The lowest BCUT2D eigenvalue weighted by Gasteiger charge is -2.03. The van der Waals surface area contributed by atoms with E-state index in [0.29, 0.717) is 12.1 Å². The van der Waals surface area contributed by atoms with Gasteiger partial charge in [-0.1, -0.05) is 6.92 Å². The topological polar surface area (TPSA) is 60.7 Å². The van der Waals surface area contributed by atoms with Gasteiger partial charge in [0.25, 0.3) is 0 Å². The first kappa shape index (κ1) is 13.4. The van der Waals surface area contributed by atoms with E-state index in [-0.39, 0.29) is 5.78 Å². The summed E-state index contributed by atoms with van der Waals surface area (Å²) in [6.45, 7) is 6.69. The predicted octanol–water partition coefficient (Wildman–Crippen LogP) is 1.99. The molecule has 0 bridgehead atoms. The fraction of sp³-hybridized carbons (Fsp3) is 0.429. The number of aryl methyl sites for hydroxylation is 3. The fourth-order valence-electron chi connectivity index (χ4n) is 1.90. The summed E-state index contributed by atoms with van der Waals surface area (Å²) in [6.07, 6.45) is 4.34. The number of nitrogens with zero attached hydrogens (tertiary/aromatic N) is 4. The van der Waals surface area contributed by atoms with Crippen molar-refractivity contribution in [3.05, 3.63) is 41.2 Å². The lowest BCUT2D eigenvalue weighted by atomic mass is 10.1. The Balaban J connectivity index is 2.18. The molecule has 0 saturated heterocycles. The molecule has 0 N–H and O–H groups in total. The van der Waals surface area contributed by atoms with Crippen LogP contribution in [0, 0.1) is 6.92 Å². The number of rotatable bonds is 5. The molecule has 0 radical (unpaired) electrons. The largest absolute Gasteiger partial charge is 0.292 e. The summed E-state index contributed by atoms with van der Waals surface area (Å²) >= 11 is 0. The van der Waals surface area contributed by atoms with Gasteiger partial charge >= 0.3 is 0 Å². The Labute approximate surface area is 112 Å². The SMILES string of the molecule is CCc1cc(CC(=O)c2cnc(C)cn2)n(CC)n1. The Morgan fingerprint density at radius 2 is 2.05 bits per heavy atom. The number of carbonyl (C=O) groups excluding carboxylic acids is 1. The number of carbonyl (C=O) groups is 1. The highest BCUT2D eigenvalue weighted by atomic mass is 16.1. The van der Waals surface area contributed by atoms with Crippen molar-refractivity contribution in [2.75, 3.05) is 0 Å². The van der Waals surface area contributed by atoms with Gasteiger partial charge in [-0.3, -0.25) is 14.5 Å². The van der Waals surface area contributed by atoms with Gasteiger partial charge in [0.15, 0.2) is 5.78 Å². The number of hydrogen-bond donors (Lipinski definition) is 0. The Hall–Kier alpha value is -2.04. The molecule has 0 amide bonds. The molecule has 100 valence electrons. The summed E-state index contributed by atoms with van der Waals surface area (Å²) in [5.74, 6) is -0.0234. The minimum absolute atomic E-state index is 0.0234. The van der Waals surface area contributed by atoms with Crippen LogP contribution in [0.15, 0.2) is 18.5 Å². The molecular weight excluding hydrogens is 240 g/mol. The van der Waals surface area contributed by atoms with Gasteiger partial charge in [-0.05, 0) is 26.3 Å². The molecular formula is C14H18N4O. The van der Waals surface area contributed by atoms with Crippen LogP contribution in [-0.2, 0) is 19.4 Å². The first-order chi connectivity index (χ1) is 9.13. The molecule has 0 unspecified atom stereocenters. The zero-order valence-electron chi connectivity index (χ0n) is 11.6. The lowest BCUT2D eigenvalue weighted by molar-refractivity contribution is 0.0985. The van der Waals surface area contributed by atoms with Crippen molar-refractivity contribution in [1.82, 2.24) is 19.7 Å². The standard InChI is InChI=1S/C14H18N4O/c1-4-11-6-12(18(5-2)17-11)7-14(19)13-9-15-10(3)8-16-13/h6,8-9H,4-5,7H2,1-3H3. The minimum atomic E-state index is -0.0234. The average molecular weight is 258 g/mol. The van der Waals surface area contributed by atoms with E-state index in [4.69, 9.17) is 0 Å². The summed E-state index contributed by atoms with van der Waals surface area (Å²) in [5, 5.41) is 4.44. The summed E-state index contributed by atoms with van der Waals surface area (Å²) in [4.78, 5) is 20.4. The van der Waals surface area contributed by atoms with Crippen LogP contribution in [-0.4, -0.2) is 25.5 Å². The summed E-state index contributed by atoms with van der Waals surface area (Å²) < 4.78 is 1.87. The highest BCUT2D eigenvalue weighted by Gasteiger charge is 2.13. The Morgan fingerprint density at radius 1 is 1.26 bits per heavy atom. The maximum atomic E-state index is 12.1. The lowest BCUT2D eigenvalue weighted by Crippen LogP contribution is -2.11. The summed E-state index contributed by atoms with van der Waals surface area (Å²) in [7, 11) is 0. The van der Waals surface area contributed by atoms with E-state index >= 15 is 0 Å². The molecule has 19 heavy (non-hydrogen) atoms. The smallest absolute Gasteiger partial charge is 0.188 e. The van der Waals surface area contributed by atoms with E-state index in [1.54, 1.807) is 6.20 Å². The molecule has 0 aliphatic carbocycles. The summed E-state index contributed by atoms with van der Waals surface area (Å²) in [6, 6.07) is 1.99. The molecule has 5 heteroatoms. The van der Waals surface area contributed by atoms with Crippen LogP contribution in [0.4, 0.5) is 0 Å². The molecule has 5 nitrogen and oxygen atoms in total. The van der Waals surface area contributed by atoms with Gasteiger partial charge in [-0.25, -0.2) is 4.98 Å². The van der Waals surface area contributed by atoms with Crippen LogP contribution in [0.2, 0.25) is 0 Å². The van der Waals surface area contributed by atoms with E-state index in [2.05, 4.69) is 22.0 Å². The zero-order chi connectivity index (χ0) is 13.8. The second-order valence-corrected chi connectivity index (χ2v) is 4.44. The first-order valence-corrected chi connectivity index (χ1v) is 6.51. The highest BCUT2D eigenvalue weighted by Crippen LogP contribution is 2.09. The average Bonchev–Trinajstić information content (AvgIpc) is 2.81. The molecule has 2 aromatic rings. The first-order valence-electron chi connectivity index (χ1n) is 6.51. The van der Waals surface area contributed by atoms with Gasteiger partial charge in [0.05, 0.1) is 24.0 Å². The molecule has 0 saturated carbocycles. The van der Waals surface area contributed by atoms with Crippen molar-refractivity contribution in [2.24, 2.45) is 0 Å². The van der Waals surface area contributed by atoms with E-state index < -0.39 is 0 Å². The van der Waals surface area contributed by atoms with Crippen molar-refractivity contribution in [2.45, 2.75) is 40.2 Å². The molecule has 0 atom stereocenters. The van der Waals surface area contributed by atoms with E-state index in [0.717, 1.165) is 30.0 Å². The maximum Gasteiger partial charge on any atom is 0.188 e. The van der Waals surface area contributed by atoms with Crippen LogP contribution in [0.5, 0.6) is 0 Å². The van der Waals surface area contributed by atoms with Gasteiger partial charge in [-0.15, -0.1) is 0 Å². The van der Waals surface area contributed by atoms with Crippen molar-refractivity contribution in [3.63, 3.8) is 0 Å². The van der Waals surface area contributed by atoms with Crippen molar-refractivity contribution in [1.29, 1.82) is 0 Å². The molecule has 2 aromatic heterocycles. The summed E-state index contributed by atoms with van der Waals surface area (Å²) in [5.41, 5.74) is 3.17. The Bertz CT molecular complexity index is 572. The minimum Gasteiger partial charge on any atom is -0.292 e. The number of hydrogen-bond acceptors (Lipinski definition) is 4. The van der Waals surface area contributed by atoms with Crippen LogP contribution in [0.1, 0.15) is 41.4 Å². The van der Waals surface area contributed by atoms with Gasteiger partial charge in [0, 0.05) is 18.4 Å². The number of aromatic nitrogens is 4. The van der Waals surface area contributed by atoms with Crippen molar-refractivity contribution in [3.8, 4) is 0 Å². The molecule has 0 aromatic carbocycles. The van der Waals surface area contributed by atoms with Crippen LogP contribution < -0.4 is 0 Å². The Kier molecular flexibility index (Phi) is 4.04. The van der Waals surface area contributed by atoms with Crippen molar-refractivity contribution < 1.29 is 4.79 Å². The van der Waals surface area contributed by atoms with E-state index in [1.807, 2.05) is 24.6 Å². The van der Waals surface area contributed by atoms with E-state index in [9.17, 15) is 4.79 Å². The third-order valence-electron chi connectivity index (χ3n) is 2.98. The molecule has 0 fully saturated rings. The van der Waals surface area contributed by atoms with Gasteiger partial charge < -0.3 is 0 Å². The molecule has 2 heterocycles. The number of ketones is 1. The van der Waals surface area contributed by atoms with E-state index in [1.165, 1.54) is 6.20 Å². The highest BCUT2D eigenvalue weighted by molar-refractivity contribution is 5.95. The van der Waals surface area contributed by atoms with Crippen molar-refractivity contribution >= 4 is 5.78 Å². The zero-order valence-corrected chi connectivity index (χ0v) is 11.6. The molecule has 2 rings (SSSR count). The van der Waals surface area contributed by atoms with Crippen LogP contribution >= 0.6 is 0 Å². The monoisotopic (exact) mass is 258 g/mol. The predicted molar refractivity (Wildman–Crippen MR) is 72.1 cm³/mol. The van der Waals surface area contributed by atoms with Crippen LogP contribution in [0.3, 0.4) is 0 Å². The Morgan fingerprint density at radius 3 is 2.63 bits per heavy atom. The molecule has 0 aliphatic heterocycles. The second-order valence-electron chi connectivity index (χ2n) is 4.44. The quantitative estimate of drug-likeness (QED) is 0.769. The van der Waals surface area contributed by atoms with Crippen LogP contribution in [0.25, 0.3) is 0 Å². The van der Waals surface area contributed by atoms with Gasteiger partial charge in [0.2, 0.25) is 0 Å². The fourth-order valence-corrected chi connectivity index (χ4v) is 1.90. The van der Waals surface area contributed by atoms with Gasteiger partial charge in [0.1, 0.15) is 5.69 Å². The third kappa shape index (κ3) is 3.05. The number of Topliss-reactive ketones (excluding diaryl/α,β-unsaturated/α-hetero) is 1. The second kappa shape index (κ2) is 5.73.